The Morgan fingerprint density at radius 3 is 2.48 bits per heavy atom. The molecule has 3 rings (SSSR count). The van der Waals surface area contributed by atoms with Crippen molar-refractivity contribution < 1.29 is 17.9 Å². The van der Waals surface area contributed by atoms with Crippen LogP contribution in [0.25, 0.3) is 0 Å². The lowest BCUT2D eigenvalue weighted by atomic mass is 10.3. The average Bonchev–Trinajstić information content (AvgIpc) is 2.69. The van der Waals surface area contributed by atoms with Crippen LogP contribution in [-0.2, 0) is 6.18 Å². The van der Waals surface area contributed by atoms with E-state index in [0.29, 0.717) is 22.9 Å². The summed E-state index contributed by atoms with van der Waals surface area (Å²) in [6.07, 6.45) is -1.83. The van der Waals surface area contributed by atoms with E-state index in [-0.39, 0.29) is 11.0 Å². The Morgan fingerprint density at radius 2 is 1.76 bits per heavy atom. The van der Waals surface area contributed by atoms with Crippen LogP contribution in [0.1, 0.15) is 25.3 Å². The molecule has 0 radical (unpaired) electrons. The number of rotatable bonds is 8. The van der Waals surface area contributed by atoms with E-state index in [9.17, 15) is 13.2 Å². The number of halogens is 3. The van der Waals surface area contributed by atoms with E-state index in [4.69, 9.17) is 4.74 Å². The van der Waals surface area contributed by atoms with Crippen LogP contribution in [0.15, 0.2) is 70.7 Å². The van der Waals surface area contributed by atoms with E-state index < -0.39 is 11.7 Å². The molecule has 0 unspecified atom stereocenters. The minimum absolute atomic E-state index is 0.0722. The number of nitrogens with one attached hydrogen (secondary N) is 1. The van der Waals surface area contributed by atoms with Crippen molar-refractivity contribution in [1.29, 1.82) is 0 Å². The second-order valence-electron chi connectivity index (χ2n) is 6.15. The first-order valence-corrected chi connectivity index (χ1v) is 9.95. The molecule has 0 fully saturated rings. The third-order valence-corrected chi connectivity index (χ3v) is 4.92. The summed E-state index contributed by atoms with van der Waals surface area (Å²) in [5.74, 6) is 0.671. The third kappa shape index (κ3) is 5.87. The Morgan fingerprint density at radius 1 is 1.03 bits per heavy atom. The molecule has 0 aliphatic carbocycles. The maximum absolute atomic E-state index is 13.4. The molecule has 1 N–H and O–H groups in total. The average molecular weight is 419 g/mol. The Bertz CT molecular complexity index is 936. The van der Waals surface area contributed by atoms with Gasteiger partial charge in [0.05, 0.1) is 12.3 Å². The summed E-state index contributed by atoms with van der Waals surface area (Å²) in [6.45, 7) is 2.62. The SMILES string of the molecule is CCCCOc1ccccc1Nc1ncc(C(F)(F)F)c(Sc2ccccc2)n1. The zero-order valence-electron chi connectivity index (χ0n) is 15.7. The van der Waals surface area contributed by atoms with Gasteiger partial charge in [0.15, 0.2) is 0 Å². The normalized spacial score (nSPS) is 11.3. The van der Waals surface area contributed by atoms with Crippen LogP contribution in [0, 0.1) is 0 Å². The number of aromatic nitrogens is 2. The lowest BCUT2D eigenvalue weighted by Crippen LogP contribution is -2.11. The van der Waals surface area contributed by atoms with Crippen molar-refractivity contribution in [2.75, 3.05) is 11.9 Å². The van der Waals surface area contributed by atoms with Crippen LogP contribution in [0.4, 0.5) is 24.8 Å². The fourth-order valence-electron chi connectivity index (χ4n) is 2.44. The molecule has 0 saturated carbocycles. The quantitative estimate of drug-likeness (QED) is 0.331. The van der Waals surface area contributed by atoms with Crippen LogP contribution in [0.5, 0.6) is 5.75 Å². The highest BCUT2D eigenvalue weighted by Crippen LogP contribution is 2.39. The highest BCUT2D eigenvalue weighted by Gasteiger charge is 2.35. The molecule has 0 bridgehead atoms. The molecule has 0 aliphatic rings. The van der Waals surface area contributed by atoms with Gasteiger partial charge < -0.3 is 10.1 Å². The van der Waals surface area contributed by atoms with Crippen LogP contribution in [0.3, 0.4) is 0 Å². The van der Waals surface area contributed by atoms with Gasteiger partial charge >= 0.3 is 6.18 Å². The third-order valence-electron chi connectivity index (χ3n) is 3.91. The highest BCUT2D eigenvalue weighted by molar-refractivity contribution is 7.99. The number of para-hydroxylation sites is 2. The van der Waals surface area contributed by atoms with Crippen molar-refractivity contribution >= 4 is 23.4 Å². The summed E-state index contributed by atoms with van der Waals surface area (Å²) in [6, 6.07) is 16.0. The first kappa shape index (κ1) is 21.0. The van der Waals surface area contributed by atoms with Crippen LogP contribution < -0.4 is 10.1 Å². The van der Waals surface area contributed by atoms with Crippen molar-refractivity contribution in [3.8, 4) is 5.75 Å². The minimum Gasteiger partial charge on any atom is -0.491 e. The number of alkyl halides is 3. The summed E-state index contributed by atoms with van der Waals surface area (Å²) >= 11 is 0.945. The number of ether oxygens (including phenoxy) is 1. The van der Waals surface area contributed by atoms with E-state index in [1.165, 1.54) is 0 Å². The molecular weight excluding hydrogens is 399 g/mol. The molecule has 3 aromatic rings. The number of unbranched alkanes of at least 4 members (excludes halogenated alkanes) is 1. The van der Waals surface area contributed by atoms with E-state index in [1.807, 2.05) is 6.07 Å². The molecule has 0 amide bonds. The highest BCUT2D eigenvalue weighted by atomic mass is 32.2. The second-order valence-corrected chi connectivity index (χ2v) is 7.21. The van der Waals surface area contributed by atoms with E-state index in [2.05, 4.69) is 22.2 Å². The van der Waals surface area contributed by atoms with Gasteiger partial charge in [-0.1, -0.05) is 55.4 Å². The zero-order chi connectivity index (χ0) is 20.7. The van der Waals surface area contributed by atoms with Gasteiger partial charge in [0, 0.05) is 11.1 Å². The first-order valence-electron chi connectivity index (χ1n) is 9.13. The van der Waals surface area contributed by atoms with Crippen molar-refractivity contribution in [3.05, 3.63) is 66.4 Å². The lowest BCUT2D eigenvalue weighted by Gasteiger charge is -2.15. The number of hydrogen-bond donors (Lipinski definition) is 1. The Balaban J connectivity index is 1.88. The fourth-order valence-corrected chi connectivity index (χ4v) is 3.37. The zero-order valence-corrected chi connectivity index (χ0v) is 16.6. The second kappa shape index (κ2) is 9.65. The summed E-state index contributed by atoms with van der Waals surface area (Å²) < 4.78 is 46.0. The van der Waals surface area contributed by atoms with Crippen LogP contribution in [0.2, 0.25) is 0 Å². The summed E-state index contributed by atoms with van der Waals surface area (Å²) in [5, 5.41) is 2.81. The van der Waals surface area contributed by atoms with Crippen molar-refractivity contribution in [2.45, 2.75) is 35.9 Å². The van der Waals surface area contributed by atoms with E-state index >= 15 is 0 Å². The predicted molar refractivity (Wildman–Crippen MR) is 108 cm³/mol. The summed E-state index contributed by atoms with van der Waals surface area (Å²) in [4.78, 5) is 8.66. The van der Waals surface area contributed by atoms with Gasteiger partial charge in [-0.2, -0.15) is 13.2 Å². The molecule has 1 heterocycles. The molecule has 0 aliphatic heterocycles. The first-order chi connectivity index (χ1) is 14.0. The van der Waals surface area contributed by atoms with Gasteiger partial charge in [0.25, 0.3) is 0 Å². The van der Waals surface area contributed by atoms with Crippen molar-refractivity contribution in [3.63, 3.8) is 0 Å². The van der Waals surface area contributed by atoms with Gasteiger partial charge in [-0.25, -0.2) is 9.97 Å². The van der Waals surface area contributed by atoms with Gasteiger partial charge in [0.1, 0.15) is 16.3 Å². The standard InChI is InChI=1S/C21H20F3N3OS/c1-2-3-13-28-18-12-8-7-11-17(18)26-20-25-14-16(21(22,23)24)19(27-20)29-15-9-5-4-6-10-15/h4-12,14H,2-3,13H2,1H3,(H,25,26,27). The Labute approximate surface area is 171 Å². The molecule has 29 heavy (non-hydrogen) atoms. The van der Waals surface area contributed by atoms with Crippen LogP contribution >= 0.6 is 11.8 Å². The molecule has 4 nitrogen and oxygen atoms in total. The molecular formula is C21H20F3N3OS. The number of hydrogen-bond acceptors (Lipinski definition) is 5. The smallest absolute Gasteiger partial charge is 0.420 e. The largest absolute Gasteiger partial charge is 0.491 e. The molecule has 0 atom stereocenters. The topological polar surface area (TPSA) is 47.0 Å². The lowest BCUT2D eigenvalue weighted by molar-refractivity contribution is -0.140. The Hall–Kier alpha value is -2.74. The summed E-state index contributed by atoms with van der Waals surface area (Å²) in [5.41, 5.74) is -0.275. The molecule has 0 spiro atoms. The van der Waals surface area contributed by atoms with Crippen molar-refractivity contribution in [1.82, 2.24) is 9.97 Å². The minimum atomic E-state index is -4.54. The number of anilines is 2. The molecule has 2 aromatic carbocycles. The van der Waals surface area contributed by atoms with E-state index in [1.54, 1.807) is 48.5 Å². The predicted octanol–water partition coefficient (Wildman–Crippen LogP) is 6.57. The Kier molecular flexibility index (Phi) is 6.98. The van der Waals surface area contributed by atoms with E-state index in [0.717, 1.165) is 30.8 Å². The van der Waals surface area contributed by atoms with Crippen molar-refractivity contribution in [2.24, 2.45) is 0 Å². The maximum atomic E-state index is 13.4. The van der Waals surface area contributed by atoms with Gasteiger partial charge in [-0.3, -0.25) is 0 Å². The molecule has 8 heteroatoms. The summed E-state index contributed by atoms with van der Waals surface area (Å²) in [7, 11) is 0. The molecule has 152 valence electrons. The molecule has 0 saturated heterocycles. The molecule has 1 aromatic heterocycles. The van der Waals surface area contributed by atoms with Gasteiger partial charge in [-0.15, -0.1) is 0 Å². The van der Waals surface area contributed by atoms with Crippen LogP contribution in [-0.4, -0.2) is 16.6 Å². The van der Waals surface area contributed by atoms with Gasteiger partial charge in [-0.05, 0) is 30.7 Å². The van der Waals surface area contributed by atoms with Gasteiger partial charge in [0.2, 0.25) is 5.95 Å². The number of nitrogens with zero attached hydrogens (tertiary/aromatic N) is 2. The maximum Gasteiger partial charge on any atom is 0.420 e. The fraction of sp³-hybridized carbons (Fsp3) is 0.238. The monoisotopic (exact) mass is 419 g/mol. The number of benzene rings is 2.